The summed E-state index contributed by atoms with van der Waals surface area (Å²) in [5, 5.41) is 7.11. The predicted octanol–water partition coefficient (Wildman–Crippen LogP) is 15.0. The molecule has 0 saturated carbocycles. The molecule has 0 radical (unpaired) electrons. The van der Waals surface area contributed by atoms with E-state index in [9.17, 15) is 0 Å². The maximum atomic E-state index is 6.46. The fourth-order valence-corrected chi connectivity index (χ4v) is 9.13. The summed E-state index contributed by atoms with van der Waals surface area (Å²) < 4.78 is 8.87. The molecule has 0 bridgehead atoms. The molecule has 0 atom stereocenters. The molecule has 55 heavy (non-hydrogen) atoms. The summed E-state index contributed by atoms with van der Waals surface area (Å²) in [5.74, 6) is 0.646. The molecule has 0 N–H and O–H groups in total. The van der Waals surface area contributed by atoms with Gasteiger partial charge in [0.05, 0.1) is 0 Å². The smallest absolute Gasteiger partial charge is 0.228 e. The Morgan fingerprint density at radius 1 is 0.418 bits per heavy atom. The first-order valence-corrected chi connectivity index (χ1v) is 19.3. The number of nitrogens with zero attached hydrogens (tertiary/aromatic N) is 2. The molecule has 258 valence electrons. The van der Waals surface area contributed by atoms with Crippen LogP contribution in [0.2, 0.25) is 0 Å². The molecule has 0 aliphatic heterocycles. The van der Waals surface area contributed by atoms with Gasteiger partial charge in [-0.2, -0.15) is 0 Å². The van der Waals surface area contributed by atoms with E-state index in [1.54, 1.807) is 11.3 Å². The van der Waals surface area contributed by atoms with E-state index in [-0.39, 0.29) is 0 Å². The van der Waals surface area contributed by atoms with Crippen molar-refractivity contribution in [2.75, 3.05) is 4.90 Å². The average molecular weight is 721 g/mol. The van der Waals surface area contributed by atoms with E-state index in [0.717, 1.165) is 44.5 Å². The van der Waals surface area contributed by atoms with Crippen LogP contribution < -0.4 is 4.90 Å². The lowest BCUT2D eigenvalue weighted by Gasteiger charge is -2.26. The predicted molar refractivity (Wildman–Crippen MR) is 233 cm³/mol. The molecule has 2 heterocycles. The first kappa shape index (κ1) is 31.5. The molecule has 2 aromatic heterocycles. The van der Waals surface area contributed by atoms with Crippen molar-refractivity contribution in [2.45, 2.75) is 0 Å². The average Bonchev–Trinajstić information content (AvgIpc) is 3.87. The van der Waals surface area contributed by atoms with Crippen molar-refractivity contribution in [1.29, 1.82) is 0 Å². The van der Waals surface area contributed by atoms with Crippen molar-refractivity contribution < 1.29 is 4.42 Å². The third-order valence-corrected chi connectivity index (χ3v) is 11.8. The molecule has 9 aromatic carbocycles. The highest BCUT2D eigenvalue weighted by atomic mass is 32.1. The molecule has 0 aliphatic rings. The van der Waals surface area contributed by atoms with Crippen LogP contribution >= 0.6 is 11.3 Å². The number of rotatable bonds is 6. The summed E-state index contributed by atoms with van der Waals surface area (Å²) in [5.41, 5.74) is 10.8. The maximum Gasteiger partial charge on any atom is 0.228 e. The molecule has 0 saturated heterocycles. The Balaban J connectivity index is 1.02. The van der Waals surface area contributed by atoms with Gasteiger partial charge in [-0.25, -0.2) is 4.98 Å². The largest absolute Gasteiger partial charge is 0.436 e. The van der Waals surface area contributed by atoms with Crippen LogP contribution in [-0.4, -0.2) is 4.98 Å². The number of thiophene rings is 1. The maximum absolute atomic E-state index is 6.46. The minimum absolute atomic E-state index is 0.646. The molecular formula is C51H32N2OS. The highest BCUT2D eigenvalue weighted by Gasteiger charge is 2.19. The highest BCUT2D eigenvalue weighted by molar-refractivity contribution is 7.26. The van der Waals surface area contributed by atoms with Crippen LogP contribution in [0, 0.1) is 0 Å². The lowest BCUT2D eigenvalue weighted by Crippen LogP contribution is -2.09. The van der Waals surface area contributed by atoms with E-state index in [1.807, 2.05) is 6.07 Å². The third kappa shape index (κ3) is 5.46. The molecule has 3 nitrogen and oxygen atoms in total. The number of benzene rings is 9. The molecule has 0 unspecified atom stereocenters. The van der Waals surface area contributed by atoms with Crippen molar-refractivity contribution in [3.05, 3.63) is 194 Å². The zero-order valence-electron chi connectivity index (χ0n) is 29.7. The topological polar surface area (TPSA) is 29.3 Å². The van der Waals surface area contributed by atoms with Gasteiger partial charge in [0.2, 0.25) is 5.89 Å². The van der Waals surface area contributed by atoms with Crippen LogP contribution in [0.3, 0.4) is 0 Å². The zero-order valence-corrected chi connectivity index (χ0v) is 30.5. The van der Waals surface area contributed by atoms with E-state index in [0.29, 0.717) is 5.89 Å². The van der Waals surface area contributed by atoms with Crippen molar-refractivity contribution in [2.24, 2.45) is 0 Å². The lowest BCUT2D eigenvalue weighted by molar-refractivity contribution is 0.621. The first-order chi connectivity index (χ1) is 27.2. The normalized spacial score (nSPS) is 11.6. The van der Waals surface area contributed by atoms with Gasteiger partial charge in [-0.3, -0.25) is 0 Å². The fourth-order valence-electron chi connectivity index (χ4n) is 7.96. The Hall–Kier alpha value is -7.01. The summed E-state index contributed by atoms with van der Waals surface area (Å²) >= 11 is 1.81. The van der Waals surface area contributed by atoms with Gasteiger partial charge in [-0.15, -0.1) is 11.3 Å². The van der Waals surface area contributed by atoms with Crippen LogP contribution in [0.5, 0.6) is 0 Å². The standard InChI is InChI=1S/C51H32N2OS/c1-2-9-33(10-3-1)35-19-24-40(25-20-35)53(41-26-21-36(22-27-41)39-18-17-34-11-4-5-13-38(34)31-39)42-28-29-44-48(32-42)55-47-16-8-15-45(49(44)47)51-52-50-43-14-7-6-12-37(43)23-30-46(50)54-51/h1-32H. The van der Waals surface area contributed by atoms with Crippen molar-refractivity contribution in [3.8, 4) is 33.7 Å². The molecule has 4 heteroatoms. The molecule has 0 amide bonds. The number of hydrogen-bond donors (Lipinski definition) is 0. The number of aromatic nitrogens is 1. The summed E-state index contributed by atoms with van der Waals surface area (Å²) in [6.45, 7) is 0. The van der Waals surface area contributed by atoms with Crippen molar-refractivity contribution in [1.82, 2.24) is 4.98 Å². The van der Waals surface area contributed by atoms with Gasteiger partial charge in [0, 0.05) is 48.2 Å². The van der Waals surface area contributed by atoms with Crippen LogP contribution in [0.4, 0.5) is 17.1 Å². The monoisotopic (exact) mass is 720 g/mol. The Morgan fingerprint density at radius 2 is 1.05 bits per heavy atom. The quantitative estimate of drug-likeness (QED) is 0.171. The molecule has 0 fully saturated rings. The highest BCUT2D eigenvalue weighted by Crippen LogP contribution is 2.44. The number of fused-ring (bicyclic) bond motifs is 7. The van der Waals surface area contributed by atoms with Crippen molar-refractivity contribution >= 4 is 81.2 Å². The molecule has 11 rings (SSSR count). The molecule has 0 spiro atoms. The zero-order chi connectivity index (χ0) is 36.3. The van der Waals surface area contributed by atoms with E-state index < -0.39 is 0 Å². The summed E-state index contributed by atoms with van der Waals surface area (Å²) in [6, 6.07) is 69.4. The van der Waals surface area contributed by atoms with Gasteiger partial charge in [-0.05, 0) is 99.1 Å². The number of hydrogen-bond acceptors (Lipinski definition) is 4. The second-order valence-electron chi connectivity index (χ2n) is 14.0. The Kier molecular flexibility index (Phi) is 7.35. The van der Waals surface area contributed by atoms with Crippen LogP contribution in [0.25, 0.3) is 86.5 Å². The molecule has 0 aliphatic carbocycles. The first-order valence-electron chi connectivity index (χ1n) is 18.5. The van der Waals surface area contributed by atoms with Gasteiger partial charge in [0.15, 0.2) is 5.58 Å². The Bertz CT molecular complexity index is 3200. The van der Waals surface area contributed by atoms with E-state index in [1.165, 1.54) is 53.2 Å². The summed E-state index contributed by atoms with van der Waals surface area (Å²) in [4.78, 5) is 7.43. The van der Waals surface area contributed by atoms with Gasteiger partial charge in [0.1, 0.15) is 5.52 Å². The minimum atomic E-state index is 0.646. The van der Waals surface area contributed by atoms with E-state index >= 15 is 0 Å². The fraction of sp³-hybridized carbons (Fsp3) is 0. The van der Waals surface area contributed by atoms with Gasteiger partial charge < -0.3 is 9.32 Å². The van der Waals surface area contributed by atoms with E-state index in [4.69, 9.17) is 9.40 Å². The van der Waals surface area contributed by atoms with Crippen LogP contribution in [0.15, 0.2) is 199 Å². The van der Waals surface area contributed by atoms with Gasteiger partial charge >= 0.3 is 0 Å². The second kappa shape index (κ2) is 12.8. The Labute approximate surface area is 322 Å². The van der Waals surface area contributed by atoms with Gasteiger partial charge in [0.25, 0.3) is 0 Å². The van der Waals surface area contributed by atoms with Crippen molar-refractivity contribution in [3.63, 3.8) is 0 Å². The lowest BCUT2D eigenvalue weighted by atomic mass is 10.0. The number of oxazole rings is 1. The second-order valence-corrected chi connectivity index (χ2v) is 15.1. The SMILES string of the molecule is c1ccc(-c2ccc(N(c3ccc(-c4ccc5ccccc5c4)cc3)c3ccc4c(c3)sc3cccc(-c5nc6c(ccc7ccccc76)o5)c34)cc2)cc1. The summed E-state index contributed by atoms with van der Waals surface area (Å²) in [6.07, 6.45) is 0. The Morgan fingerprint density at radius 3 is 1.85 bits per heavy atom. The molecular weight excluding hydrogens is 689 g/mol. The van der Waals surface area contributed by atoms with Gasteiger partial charge in [-0.1, -0.05) is 133 Å². The van der Waals surface area contributed by atoms with E-state index in [2.05, 4.69) is 193 Å². The van der Waals surface area contributed by atoms with Crippen LogP contribution in [-0.2, 0) is 0 Å². The molecule has 11 aromatic rings. The third-order valence-electron chi connectivity index (χ3n) is 10.7. The summed E-state index contributed by atoms with van der Waals surface area (Å²) in [7, 11) is 0. The van der Waals surface area contributed by atoms with Crippen LogP contribution in [0.1, 0.15) is 0 Å². The number of anilines is 3. The minimum Gasteiger partial charge on any atom is -0.436 e.